The molecule has 2 bridgehead atoms. The minimum absolute atomic E-state index is 0.531. The SMILES string of the molecule is C=C(C)CCN1CC2COC(C2)C1. The predicted molar refractivity (Wildman–Crippen MR) is 53.7 cm³/mol. The summed E-state index contributed by atoms with van der Waals surface area (Å²) in [5.41, 5.74) is 1.29. The number of likely N-dealkylation sites (tertiary alicyclic amines) is 1. The van der Waals surface area contributed by atoms with Crippen LogP contribution in [0.4, 0.5) is 0 Å². The zero-order chi connectivity index (χ0) is 9.26. The molecule has 0 spiro atoms. The van der Waals surface area contributed by atoms with E-state index in [1.165, 1.54) is 25.1 Å². The molecule has 0 aliphatic carbocycles. The van der Waals surface area contributed by atoms with Crippen LogP contribution in [-0.4, -0.2) is 37.2 Å². The van der Waals surface area contributed by atoms with Gasteiger partial charge < -0.3 is 9.64 Å². The predicted octanol–water partition coefficient (Wildman–Crippen LogP) is 1.67. The molecule has 13 heavy (non-hydrogen) atoms. The van der Waals surface area contributed by atoms with Crippen molar-refractivity contribution in [3.8, 4) is 0 Å². The molecule has 2 fully saturated rings. The summed E-state index contributed by atoms with van der Waals surface area (Å²) < 4.78 is 5.65. The highest BCUT2D eigenvalue weighted by Crippen LogP contribution is 2.26. The molecule has 0 radical (unpaired) electrons. The van der Waals surface area contributed by atoms with E-state index < -0.39 is 0 Å². The maximum absolute atomic E-state index is 5.65. The van der Waals surface area contributed by atoms with Crippen LogP contribution in [-0.2, 0) is 4.74 Å². The van der Waals surface area contributed by atoms with E-state index in [2.05, 4.69) is 18.4 Å². The van der Waals surface area contributed by atoms with Gasteiger partial charge >= 0.3 is 0 Å². The number of hydrogen-bond acceptors (Lipinski definition) is 2. The van der Waals surface area contributed by atoms with Crippen molar-refractivity contribution in [3.63, 3.8) is 0 Å². The second kappa shape index (κ2) is 3.81. The summed E-state index contributed by atoms with van der Waals surface area (Å²) in [7, 11) is 0. The molecule has 2 heteroatoms. The number of hydrogen-bond donors (Lipinski definition) is 0. The number of nitrogens with zero attached hydrogens (tertiary/aromatic N) is 1. The second-order valence-corrected chi connectivity index (χ2v) is 4.52. The zero-order valence-electron chi connectivity index (χ0n) is 8.46. The van der Waals surface area contributed by atoms with Crippen LogP contribution in [0.3, 0.4) is 0 Å². The molecule has 0 N–H and O–H groups in total. The first kappa shape index (κ1) is 9.22. The third kappa shape index (κ3) is 2.32. The van der Waals surface area contributed by atoms with E-state index in [0.717, 1.165) is 25.5 Å². The van der Waals surface area contributed by atoms with Gasteiger partial charge in [0.15, 0.2) is 0 Å². The van der Waals surface area contributed by atoms with Crippen molar-refractivity contribution in [1.29, 1.82) is 0 Å². The standard InChI is InChI=1S/C11H19NO/c1-9(2)3-4-12-6-10-5-11(7-12)13-8-10/h10-11H,1,3-8H2,2H3. The molecule has 2 heterocycles. The molecular formula is C11H19NO. The maximum atomic E-state index is 5.65. The average Bonchev–Trinajstić information content (AvgIpc) is 2.42. The van der Waals surface area contributed by atoms with Crippen molar-refractivity contribution in [3.05, 3.63) is 12.2 Å². The first-order valence-electron chi connectivity index (χ1n) is 5.22. The van der Waals surface area contributed by atoms with Crippen LogP contribution in [0, 0.1) is 5.92 Å². The van der Waals surface area contributed by atoms with Gasteiger partial charge in [0.2, 0.25) is 0 Å². The lowest BCUT2D eigenvalue weighted by molar-refractivity contribution is 0.0847. The van der Waals surface area contributed by atoms with Gasteiger partial charge in [-0.05, 0) is 25.7 Å². The Labute approximate surface area is 80.6 Å². The summed E-state index contributed by atoms with van der Waals surface area (Å²) in [6.45, 7) is 10.6. The van der Waals surface area contributed by atoms with E-state index in [4.69, 9.17) is 4.74 Å². The highest BCUT2D eigenvalue weighted by Gasteiger charge is 2.33. The summed E-state index contributed by atoms with van der Waals surface area (Å²) in [4.78, 5) is 2.53. The number of piperidine rings is 1. The van der Waals surface area contributed by atoms with Crippen LogP contribution in [0.15, 0.2) is 12.2 Å². The van der Waals surface area contributed by atoms with Crippen LogP contribution in [0.5, 0.6) is 0 Å². The van der Waals surface area contributed by atoms with Gasteiger partial charge in [-0.1, -0.05) is 5.57 Å². The Bertz CT molecular complexity index is 190. The fraction of sp³-hybridized carbons (Fsp3) is 0.818. The molecule has 0 aromatic rings. The minimum Gasteiger partial charge on any atom is -0.377 e. The van der Waals surface area contributed by atoms with Gasteiger partial charge in [0, 0.05) is 19.6 Å². The Morgan fingerprint density at radius 2 is 2.38 bits per heavy atom. The lowest BCUT2D eigenvalue weighted by atomic mass is 10.00. The molecule has 0 amide bonds. The summed E-state index contributed by atoms with van der Waals surface area (Å²) in [5.74, 6) is 0.809. The van der Waals surface area contributed by atoms with Crippen LogP contribution in [0.1, 0.15) is 19.8 Å². The van der Waals surface area contributed by atoms with E-state index >= 15 is 0 Å². The molecule has 2 unspecified atom stereocenters. The minimum atomic E-state index is 0.531. The average molecular weight is 181 g/mol. The Balaban J connectivity index is 1.78. The van der Waals surface area contributed by atoms with Gasteiger partial charge in [0.25, 0.3) is 0 Å². The summed E-state index contributed by atoms with van der Waals surface area (Å²) in [5, 5.41) is 0. The molecule has 2 aliphatic rings. The highest BCUT2D eigenvalue weighted by molar-refractivity contribution is 4.91. The molecule has 74 valence electrons. The van der Waals surface area contributed by atoms with Gasteiger partial charge in [-0.25, -0.2) is 0 Å². The van der Waals surface area contributed by atoms with E-state index in [1.54, 1.807) is 0 Å². The van der Waals surface area contributed by atoms with E-state index in [1.807, 2.05) is 0 Å². The van der Waals surface area contributed by atoms with Crippen LogP contribution >= 0.6 is 0 Å². The largest absolute Gasteiger partial charge is 0.377 e. The van der Waals surface area contributed by atoms with Gasteiger partial charge in [0.1, 0.15) is 0 Å². The third-order valence-corrected chi connectivity index (χ3v) is 3.00. The van der Waals surface area contributed by atoms with Crippen LogP contribution < -0.4 is 0 Å². The lowest BCUT2D eigenvalue weighted by Gasteiger charge is -2.30. The summed E-state index contributed by atoms with van der Waals surface area (Å²) in [6, 6.07) is 0. The van der Waals surface area contributed by atoms with Crippen LogP contribution in [0.2, 0.25) is 0 Å². The molecule has 2 rings (SSSR count). The monoisotopic (exact) mass is 181 g/mol. The fourth-order valence-corrected chi connectivity index (χ4v) is 2.29. The number of fused-ring (bicyclic) bond motifs is 2. The molecule has 0 saturated carbocycles. The van der Waals surface area contributed by atoms with E-state index in [0.29, 0.717) is 6.10 Å². The highest BCUT2D eigenvalue weighted by atomic mass is 16.5. The van der Waals surface area contributed by atoms with Crippen molar-refractivity contribution < 1.29 is 4.74 Å². The van der Waals surface area contributed by atoms with Crippen molar-refractivity contribution >= 4 is 0 Å². The quantitative estimate of drug-likeness (QED) is 0.614. The van der Waals surface area contributed by atoms with Crippen molar-refractivity contribution in [2.45, 2.75) is 25.9 Å². The molecule has 0 aromatic heterocycles. The van der Waals surface area contributed by atoms with Gasteiger partial charge in [-0.2, -0.15) is 0 Å². The molecule has 0 aromatic carbocycles. The normalized spacial score (nSPS) is 33.6. The number of ether oxygens (including phenoxy) is 1. The van der Waals surface area contributed by atoms with Gasteiger partial charge in [-0.3, -0.25) is 0 Å². The molecule has 2 aliphatic heterocycles. The van der Waals surface area contributed by atoms with Gasteiger partial charge in [-0.15, -0.1) is 6.58 Å². The topological polar surface area (TPSA) is 12.5 Å². The first-order valence-corrected chi connectivity index (χ1v) is 5.22. The van der Waals surface area contributed by atoms with Crippen molar-refractivity contribution in [1.82, 2.24) is 4.90 Å². The Morgan fingerprint density at radius 3 is 3.08 bits per heavy atom. The van der Waals surface area contributed by atoms with Crippen molar-refractivity contribution in [2.24, 2.45) is 5.92 Å². The molecule has 2 atom stereocenters. The van der Waals surface area contributed by atoms with Crippen LogP contribution in [0.25, 0.3) is 0 Å². The third-order valence-electron chi connectivity index (χ3n) is 3.00. The lowest BCUT2D eigenvalue weighted by Crippen LogP contribution is -2.39. The molecule has 2 nitrogen and oxygen atoms in total. The second-order valence-electron chi connectivity index (χ2n) is 4.52. The zero-order valence-corrected chi connectivity index (χ0v) is 8.46. The van der Waals surface area contributed by atoms with E-state index in [9.17, 15) is 0 Å². The fourth-order valence-electron chi connectivity index (χ4n) is 2.29. The molecular weight excluding hydrogens is 162 g/mol. The first-order chi connectivity index (χ1) is 6.24. The van der Waals surface area contributed by atoms with E-state index in [-0.39, 0.29) is 0 Å². The summed E-state index contributed by atoms with van der Waals surface area (Å²) >= 11 is 0. The smallest absolute Gasteiger partial charge is 0.0706 e. The summed E-state index contributed by atoms with van der Waals surface area (Å²) in [6.07, 6.45) is 2.96. The Morgan fingerprint density at radius 1 is 1.54 bits per heavy atom. The Hall–Kier alpha value is -0.340. The Kier molecular flexibility index (Phi) is 2.70. The van der Waals surface area contributed by atoms with Gasteiger partial charge in [0.05, 0.1) is 12.7 Å². The maximum Gasteiger partial charge on any atom is 0.0706 e. The number of rotatable bonds is 3. The molecule has 2 saturated heterocycles. The van der Waals surface area contributed by atoms with Crippen molar-refractivity contribution in [2.75, 3.05) is 26.2 Å².